The zero-order chi connectivity index (χ0) is 9.99. The van der Waals surface area contributed by atoms with Crippen LogP contribution in [0.1, 0.15) is 48.0 Å². The van der Waals surface area contributed by atoms with Crippen LogP contribution in [0.3, 0.4) is 0 Å². The van der Waals surface area contributed by atoms with Gasteiger partial charge < -0.3 is 4.90 Å². The summed E-state index contributed by atoms with van der Waals surface area (Å²) in [5.74, 6) is 0. The molecule has 0 saturated heterocycles. The molecule has 0 atom stereocenters. The van der Waals surface area contributed by atoms with Crippen LogP contribution in [0.25, 0.3) is 0 Å². The molecule has 0 aromatic heterocycles. The molecule has 0 rings (SSSR count). The summed E-state index contributed by atoms with van der Waals surface area (Å²) in [6.45, 7) is 14.9. The van der Waals surface area contributed by atoms with Crippen molar-refractivity contribution in [1.29, 1.82) is 0 Å². The van der Waals surface area contributed by atoms with Crippen LogP contribution in [0, 0.1) is 5.41 Å². The minimum absolute atomic E-state index is 0.341. The highest BCUT2D eigenvalue weighted by Crippen LogP contribution is 2.22. The molecule has 0 aliphatic heterocycles. The fourth-order valence-corrected chi connectivity index (χ4v) is 1.20. The van der Waals surface area contributed by atoms with Crippen molar-refractivity contribution in [2.45, 2.75) is 53.5 Å². The van der Waals surface area contributed by atoms with E-state index in [0.717, 1.165) is 6.54 Å². The maximum atomic E-state index is 2.45. The molecule has 0 fully saturated rings. The Labute approximate surface area is 78.1 Å². The van der Waals surface area contributed by atoms with Gasteiger partial charge in [-0.05, 0) is 32.7 Å². The molecule has 0 aromatic carbocycles. The summed E-state index contributed by atoms with van der Waals surface area (Å²) in [5.41, 5.74) is 0.745. The lowest BCUT2D eigenvalue weighted by Gasteiger charge is -2.38. The largest absolute Gasteiger partial charge is 0.301 e. The van der Waals surface area contributed by atoms with Crippen molar-refractivity contribution in [1.82, 2.24) is 4.90 Å². The van der Waals surface area contributed by atoms with Crippen LogP contribution >= 0.6 is 0 Å². The molecule has 74 valence electrons. The minimum Gasteiger partial charge on any atom is -0.301 e. The molecule has 0 radical (unpaired) electrons. The number of hydrogen-bond donors (Lipinski definition) is 0. The molecule has 0 amide bonds. The van der Waals surface area contributed by atoms with E-state index in [4.69, 9.17) is 0 Å². The lowest BCUT2D eigenvalue weighted by atomic mass is 9.92. The first kappa shape index (κ1) is 12.0. The lowest BCUT2D eigenvalue weighted by Crippen LogP contribution is -2.44. The Morgan fingerprint density at radius 2 is 1.42 bits per heavy atom. The molecule has 0 saturated carbocycles. The van der Waals surface area contributed by atoms with Gasteiger partial charge in [0.2, 0.25) is 0 Å². The third-order valence-electron chi connectivity index (χ3n) is 2.61. The Hall–Kier alpha value is -0.0400. The summed E-state index contributed by atoms with van der Waals surface area (Å²) < 4.78 is 0. The average Bonchev–Trinajstić information content (AvgIpc) is 1.84. The topological polar surface area (TPSA) is 3.24 Å². The van der Waals surface area contributed by atoms with E-state index in [1.54, 1.807) is 0 Å². The molecule has 0 aliphatic carbocycles. The smallest absolute Gasteiger partial charge is 0.0147 e. The monoisotopic (exact) mass is 171 g/mol. The van der Waals surface area contributed by atoms with E-state index < -0.39 is 0 Å². The molecule has 12 heavy (non-hydrogen) atoms. The van der Waals surface area contributed by atoms with Gasteiger partial charge in [0, 0.05) is 12.1 Å². The summed E-state index contributed by atoms with van der Waals surface area (Å²) in [4.78, 5) is 2.45. The molecular weight excluding hydrogens is 146 g/mol. The van der Waals surface area contributed by atoms with Gasteiger partial charge in [0.05, 0.1) is 0 Å². The van der Waals surface area contributed by atoms with Crippen molar-refractivity contribution in [2.24, 2.45) is 5.41 Å². The predicted molar refractivity (Wildman–Crippen MR) is 56.5 cm³/mol. The summed E-state index contributed by atoms with van der Waals surface area (Å²) in [6, 6.07) is 0. The predicted octanol–water partition coefficient (Wildman–Crippen LogP) is 3.15. The van der Waals surface area contributed by atoms with Crippen molar-refractivity contribution in [2.75, 3.05) is 13.6 Å². The second-order valence-electron chi connectivity index (χ2n) is 5.58. The maximum absolute atomic E-state index is 2.45. The average molecular weight is 171 g/mol. The molecule has 0 aliphatic rings. The van der Waals surface area contributed by atoms with E-state index in [1.807, 2.05) is 0 Å². The molecule has 0 spiro atoms. The Bertz CT molecular complexity index is 130. The normalized spacial score (nSPS) is 14.0. The SMILES string of the molecule is CCC(C)(C)N(C)CC(C)(C)C. The number of hydrogen-bond acceptors (Lipinski definition) is 1. The fourth-order valence-electron chi connectivity index (χ4n) is 1.20. The molecule has 0 unspecified atom stereocenters. The highest BCUT2D eigenvalue weighted by molar-refractivity contribution is 4.80. The van der Waals surface area contributed by atoms with Gasteiger partial charge in [-0.2, -0.15) is 0 Å². The molecule has 0 N–H and O–H groups in total. The van der Waals surface area contributed by atoms with Crippen molar-refractivity contribution in [3.8, 4) is 0 Å². The van der Waals surface area contributed by atoms with Gasteiger partial charge in [0.25, 0.3) is 0 Å². The first-order valence-corrected chi connectivity index (χ1v) is 4.90. The van der Waals surface area contributed by atoms with Crippen molar-refractivity contribution in [3.05, 3.63) is 0 Å². The van der Waals surface area contributed by atoms with Gasteiger partial charge in [0.15, 0.2) is 0 Å². The third kappa shape index (κ3) is 4.10. The highest BCUT2D eigenvalue weighted by atomic mass is 15.2. The zero-order valence-corrected chi connectivity index (χ0v) is 9.86. The van der Waals surface area contributed by atoms with Gasteiger partial charge in [-0.25, -0.2) is 0 Å². The number of nitrogens with zero attached hydrogens (tertiary/aromatic N) is 1. The van der Waals surface area contributed by atoms with Gasteiger partial charge >= 0.3 is 0 Å². The van der Waals surface area contributed by atoms with Crippen LogP contribution in [0.2, 0.25) is 0 Å². The van der Waals surface area contributed by atoms with E-state index in [0.29, 0.717) is 11.0 Å². The first-order chi connectivity index (χ1) is 5.19. The Morgan fingerprint density at radius 3 is 1.67 bits per heavy atom. The van der Waals surface area contributed by atoms with E-state index in [-0.39, 0.29) is 0 Å². The Balaban J connectivity index is 4.13. The summed E-state index contributed by atoms with van der Waals surface area (Å²) in [6.07, 6.45) is 1.21. The molecule has 1 heteroatoms. The van der Waals surface area contributed by atoms with E-state index in [9.17, 15) is 0 Å². The molecule has 1 nitrogen and oxygen atoms in total. The zero-order valence-electron chi connectivity index (χ0n) is 9.86. The third-order valence-corrected chi connectivity index (χ3v) is 2.61. The van der Waals surface area contributed by atoms with Crippen LogP contribution in [0.5, 0.6) is 0 Å². The summed E-state index contributed by atoms with van der Waals surface area (Å²) in [7, 11) is 2.22. The van der Waals surface area contributed by atoms with Crippen LogP contribution < -0.4 is 0 Å². The molecular formula is C11H25N. The van der Waals surface area contributed by atoms with Gasteiger partial charge in [0.1, 0.15) is 0 Å². The first-order valence-electron chi connectivity index (χ1n) is 4.90. The Morgan fingerprint density at radius 1 is 1.00 bits per heavy atom. The van der Waals surface area contributed by atoms with Crippen LogP contribution in [-0.4, -0.2) is 24.0 Å². The Kier molecular flexibility index (Phi) is 3.77. The standard InChI is InChI=1S/C11H25N/c1-8-11(5,6)12(7)9-10(2,3)4/h8-9H2,1-7H3. The van der Waals surface area contributed by atoms with Crippen LogP contribution in [0.4, 0.5) is 0 Å². The molecule has 0 bridgehead atoms. The van der Waals surface area contributed by atoms with Crippen molar-refractivity contribution < 1.29 is 0 Å². The fraction of sp³-hybridized carbons (Fsp3) is 1.00. The number of rotatable bonds is 3. The highest BCUT2D eigenvalue weighted by Gasteiger charge is 2.24. The second kappa shape index (κ2) is 3.78. The summed E-state index contributed by atoms with van der Waals surface area (Å²) in [5, 5.41) is 0. The van der Waals surface area contributed by atoms with Gasteiger partial charge in [-0.15, -0.1) is 0 Å². The summed E-state index contributed by atoms with van der Waals surface area (Å²) >= 11 is 0. The van der Waals surface area contributed by atoms with Crippen molar-refractivity contribution >= 4 is 0 Å². The van der Waals surface area contributed by atoms with Gasteiger partial charge in [-0.1, -0.05) is 27.7 Å². The van der Waals surface area contributed by atoms with Crippen LogP contribution in [0.15, 0.2) is 0 Å². The molecule has 0 heterocycles. The van der Waals surface area contributed by atoms with Crippen molar-refractivity contribution in [3.63, 3.8) is 0 Å². The van der Waals surface area contributed by atoms with E-state index in [2.05, 4.69) is 53.5 Å². The maximum Gasteiger partial charge on any atom is 0.0147 e. The van der Waals surface area contributed by atoms with E-state index >= 15 is 0 Å². The quantitative estimate of drug-likeness (QED) is 0.630. The van der Waals surface area contributed by atoms with Gasteiger partial charge in [-0.3, -0.25) is 0 Å². The second-order valence-corrected chi connectivity index (χ2v) is 5.58. The molecule has 0 aromatic rings. The van der Waals surface area contributed by atoms with E-state index in [1.165, 1.54) is 6.42 Å². The lowest BCUT2D eigenvalue weighted by molar-refractivity contribution is 0.106. The minimum atomic E-state index is 0.341. The van der Waals surface area contributed by atoms with Crippen LogP contribution in [-0.2, 0) is 0 Å².